The highest BCUT2D eigenvalue weighted by atomic mass is 16.6. The van der Waals surface area contributed by atoms with Crippen LogP contribution < -0.4 is 10.6 Å². The van der Waals surface area contributed by atoms with Gasteiger partial charge < -0.3 is 26.0 Å². The fourth-order valence-electron chi connectivity index (χ4n) is 3.23. The molecule has 0 aliphatic rings. The first kappa shape index (κ1) is 20.9. The Kier molecular flexibility index (Phi) is 6.55. The number of benzene rings is 2. The summed E-state index contributed by atoms with van der Waals surface area (Å²) >= 11 is 0. The molecular formula is C20H24N4O5. The van der Waals surface area contributed by atoms with Gasteiger partial charge in [-0.05, 0) is 25.1 Å². The predicted octanol–water partition coefficient (Wildman–Crippen LogP) is 1.40. The molecule has 9 nitrogen and oxygen atoms in total. The Balaban J connectivity index is 1.86. The molecule has 0 aliphatic carbocycles. The summed E-state index contributed by atoms with van der Waals surface area (Å²) in [5.74, 6) is 0. The van der Waals surface area contributed by atoms with Crippen molar-refractivity contribution in [1.29, 1.82) is 0 Å². The summed E-state index contributed by atoms with van der Waals surface area (Å²) in [4.78, 5) is 15.7. The molecule has 0 saturated heterocycles. The van der Waals surface area contributed by atoms with Crippen molar-refractivity contribution in [2.45, 2.75) is 12.0 Å². The van der Waals surface area contributed by atoms with Crippen LogP contribution in [0.3, 0.4) is 0 Å². The Morgan fingerprint density at radius 1 is 0.966 bits per heavy atom. The lowest BCUT2D eigenvalue weighted by Crippen LogP contribution is -2.55. The maximum absolute atomic E-state index is 11.6. The Bertz CT molecular complexity index is 998. The molecule has 0 bridgehead atoms. The largest absolute Gasteiger partial charge is 0.394 e. The van der Waals surface area contributed by atoms with Crippen LogP contribution in [0.25, 0.3) is 21.8 Å². The summed E-state index contributed by atoms with van der Waals surface area (Å²) in [5.41, 5.74) is 0.783. The Labute approximate surface area is 167 Å². The monoisotopic (exact) mass is 400 g/mol. The first-order chi connectivity index (χ1) is 14.0. The minimum absolute atomic E-state index is 0.0127. The number of rotatable bonds is 10. The number of aliphatic hydroxyl groups is 3. The van der Waals surface area contributed by atoms with Gasteiger partial charge in [-0.2, -0.15) is 0 Å². The highest BCUT2D eigenvalue weighted by molar-refractivity contribution is 6.11. The molecule has 0 unspecified atom stereocenters. The van der Waals surface area contributed by atoms with Gasteiger partial charge >= 0.3 is 0 Å². The number of para-hydroxylation sites is 1. The Morgan fingerprint density at radius 2 is 1.66 bits per heavy atom. The average Bonchev–Trinajstić information content (AvgIpc) is 2.75. The van der Waals surface area contributed by atoms with Gasteiger partial charge in [0.1, 0.15) is 5.39 Å². The van der Waals surface area contributed by atoms with E-state index in [2.05, 4.69) is 15.6 Å². The summed E-state index contributed by atoms with van der Waals surface area (Å²) in [6.45, 7) is -0.254. The molecule has 0 amide bonds. The second-order valence-electron chi connectivity index (χ2n) is 6.89. The first-order valence-corrected chi connectivity index (χ1v) is 9.32. The molecule has 1 aromatic heterocycles. The molecule has 154 valence electrons. The lowest BCUT2D eigenvalue weighted by atomic mass is 10.0. The van der Waals surface area contributed by atoms with Crippen LogP contribution in [-0.2, 0) is 0 Å². The Morgan fingerprint density at radius 3 is 2.34 bits per heavy atom. The number of nitro groups is 1. The van der Waals surface area contributed by atoms with Crippen LogP contribution >= 0.6 is 0 Å². The molecule has 9 heteroatoms. The van der Waals surface area contributed by atoms with Crippen molar-refractivity contribution in [3.8, 4) is 0 Å². The number of anilines is 1. The quantitative estimate of drug-likeness (QED) is 0.149. The fourth-order valence-corrected chi connectivity index (χ4v) is 3.23. The molecule has 0 atom stereocenters. The second-order valence-corrected chi connectivity index (χ2v) is 6.89. The van der Waals surface area contributed by atoms with Crippen molar-refractivity contribution in [1.82, 2.24) is 10.3 Å². The summed E-state index contributed by atoms with van der Waals surface area (Å²) in [5, 5.41) is 47.1. The molecule has 3 aromatic rings. The highest BCUT2D eigenvalue weighted by Gasteiger charge is 2.26. The van der Waals surface area contributed by atoms with E-state index in [1.807, 2.05) is 24.3 Å². The van der Waals surface area contributed by atoms with E-state index in [0.29, 0.717) is 36.1 Å². The third-order valence-electron chi connectivity index (χ3n) is 4.94. The van der Waals surface area contributed by atoms with Gasteiger partial charge in [0.05, 0.1) is 47.0 Å². The van der Waals surface area contributed by atoms with Crippen molar-refractivity contribution < 1.29 is 20.2 Å². The van der Waals surface area contributed by atoms with E-state index in [1.165, 1.54) is 6.07 Å². The third kappa shape index (κ3) is 4.28. The molecule has 0 radical (unpaired) electrons. The summed E-state index contributed by atoms with van der Waals surface area (Å²) in [6, 6.07) is 12.3. The van der Waals surface area contributed by atoms with Crippen molar-refractivity contribution >= 4 is 33.2 Å². The molecular weight excluding hydrogens is 376 g/mol. The van der Waals surface area contributed by atoms with Crippen molar-refractivity contribution in [3.05, 3.63) is 52.6 Å². The molecule has 0 spiro atoms. The number of aromatic nitrogens is 1. The lowest BCUT2D eigenvalue weighted by Gasteiger charge is -2.28. The van der Waals surface area contributed by atoms with E-state index in [4.69, 9.17) is 0 Å². The van der Waals surface area contributed by atoms with E-state index in [1.54, 1.807) is 12.1 Å². The predicted molar refractivity (Wildman–Crippen MR) is 111 cm³/mol. The van der Waals surface area contributed by atoms with Crippen LogP contribution in [0.5, 0.6) is 0 Å². The molecule has 29 heavy (non-hydrogen) atoms. The molecule has 1 heterocycles. The van der Waals surface area contributed by atoms with Crippen molar-refractivity contribution in [3.63, 3.8) is 0 Å². The van der Waals surface area contributed by atoms with E-state index in [-0.39, 0.29) is 25.5 Å². The topological polar surface area (TPSA) is 141 Å². The smallest absolute Gasteiger partial charge is 0.280 e. The van der Waals surface area contributed by atoms with Gasteiger partial charge in [0.2, 0.25) is 0 Å². The zero-order valence-electron chi connectivity index (χ0n) is 15.8. The van der Waals surface area contributed by atoms with E-state index in [9.17, 15) is 25.4 Å². The van der Waals surface area contributed by atoms with Crippen LogP contribution in [0, 0.1) is 10.1 Å². The van der Waals surface area contributed by atoms with Crippen LogP contribution in [0.2, 0.25) is 0 Å². The standard InChI is InChI=1S/C20H24N4O5/c25-11-20(12-26,13-27)22-10-4-9-21-19-14-5-1-2-6-15(14)23-16-7-3-8-17(18(16)19)24(28)29/h1-3,5-8,22,25-27H,4,9-13H2,(H,21,23). The number of nitrogens with one attached hydrogen (secondary N) is 2. The number of pyridine rings is 1. The van der Waals surface area contributed by atoms with Gasteiger partial charge in [-0.15, -0.1) is 0 Å². The first-order valence-electron chi connectivity index (χ1n) is 9.32. The Hall–Kier alpha value is -2.85. The number of nitro benzene ring substituents is 1. The average molecular weight is 400 g/mol. The number of nitrogens with zero attached hydrogens (tertiary/aromatic N) is 2. The van der Waals surface area contributed by atoms with Gasteiger partial charge in [-0.25, -0.2) is 4.98 Å². The number of non-ortho nitro benzene ring substituents is 1. The van der Waals surface area contributed by atoms with Gasteiger partial charge in [0, 0.05) is 18.0 Å². The van der Waals surface area contributed by atoms with Crippen LogP contribution in [0.4, 0.5) is 11.4 Å². The van der Waals surface area contributed by atoms with Crippen LogP contribution in [0.1, 0.15) is 6.42 Å². The second kappa shape index (κ2) is 9.10. The molecule has 0 fully saturated rings. The van der Waals surface area contributed by atoms with E-state index in [0.717, 1.165) is 10.9 Å². The zero-order valence-corrected chi connectivity index (χ0v) is 15.8. The maximum Gasteiger partial charge on any atom is 0.280 e. The fraction of sp³-hybridized carbons (Fsp3) is 0.350. The number of aliphatic hydroxyl groups excluding tert-OH is 3. The minimum atomic E-state index is -1.13. The maximum atomic E-state index is 11.6. The number of hydrogen-bond acceptors (Lipinski definition) is 8. The highest BCUT2D eigenvalue weighted by Crippen LogP contribution is 2.36. The van der Waals surface area contributed by atoms with Gasteiger partial charge in [-0.1, -0.05) is 24.3 Å². The third-order valence-corrected chi connectivity index (χ3v) is 4.94. The zero-order chi connectivity index (χ0) is 20.9. The minimum Gasteiger partial charge on any atom is -0.394 e. The normalized spacial score (nSPS) is 11.8. The van der Waals surface area contributed by atoms with Crippen molar-refractivity contribution in [2.24, 2.45) is 0 Å². The summed E-state index contributed by atoms with van der Waals surface area (Å²) in [7, 11) is 0. The summed E-state index contributed by atoms with van der Waals surface area (Å²) in [6.07, 6.45) is 0.598. The van der Waals surface area contributed by atoms with Crippen molar-refractivity contribution in [2.75, 3.05) is 38.2 Å². The number of fused-ring (bicyclic) bond motifs is 2. The van der Waals surface area contributed by atoms with E-state index < -0.39 is 10.5 Å². The molecule has 0 saturated carbocycles. The van der Waals surface area contributed by atoms with Gasteiger partial charge in [0.15, 0.2) is 0 Å². The van der Waals surface area contributed by atoms with Crippen LogP contribution in [0.15, 0.2) is 42.5 Å². The van der Waals surface area contributed by atoms with Crippen LogP contribution in [-0.4, -0.2) is 63.7 Å². The SMILES string of the molecule is O=[N+]([O-])c1cccc2nc3ccccc3c(NCCCNC(CO)(CO)CO)c12. The van der Waals surface area contributed by atoms with Gasteiger partial charge in [-0.3, -0.25) is 10.1 Å². The van der Waals surface area contributed by atoms with E-state index >= 15 is 0 Å². The molecule has 0 aliphatic heterocycles. The number of hydrogen-bond donors (Lipinski definition) is 5. The molecule has 5 N–H and O–H groups in total. The summed E-state index contributed by atoms with van der Waals surface area (Å²) < 4.78 is 0. The van der Waals surface area contributed by atoms with Gasteiger partial charge in [0.25, 0.3) is 5.69 Å². The molecule has 2 aromatic carbocycles. The lowest BCUT2D eigenvalue weighted by molar-refractivity contribution is -0.383. The molecule has 3 rings (SSSR count).